The van der Waals surface area contributed by atoms with Gasteiger partial charge in [-0.25, -0.2) is 0 Å². The van der Waals surface area contributed by atoms with Crippen LogP contribution < -0.4 is 5.73 Å². The number of aliphatic carboxylic acids is 1. The van der Waals surface area contributed by atoms with Crippen LogP contribution in [0.15, 0.2) is 24.3 Å². The van der Waals surface area contributed by atoms with Crippen molar-refractivity contribution >= 4 is 5.97 Å². The van der Waals surface area contributed by atoms with E-state index in [0.717, 1.165) is 6.42 Å². The molecule has 0 radical (unpaired) electrons. The predicted molar refractivity (Wildman–Crippen MR) is 70.9 cm³/mol. The average molecular weight is 237 g/mol. The minimum absolute atomic E-state index is 0.217. The third-order valence-corrected chi connectivity index (χ3v) is 2.30. The highest BCUT2D eigenvalue weighted by Gasteiger charge is 2.14. The molecule has 0 bridgehead atoms. The van der Waals surface area contributed by atoms with E-state index in [-0.39, 0.29) is 5.54 Å². The van der Waals surface area contributed by atoms with Crippen LogP contribution in [0.25, 0.3) is 0 Å². The zero-order valence-electron chi connectivity index (χ0n) is 11.2. The van der Waals surface area contributed by atoms with Gasteiger partial charge in [-0.15, -0.1) is 0 Å². The molecule has 3 heteroatoms. The topological polar surface area (TPSA) is 63.3 Å². The molecule has 0 amide bonds. The van der Waals surface area contributed by atoms with Gasteiger partial charge in [-0.05, 0) is 38.3 Å². The zero-order valence-corrected chi connectivity index (χ0v) is 11.2. The standard InChI is InChI=1S/C10H15N.C4H8O2/c1-8-6-4-5-7-9(8)10(2,3)11;1-2-3-4(5)6/h4-7H,11H2,1-3H3;2-3H2,1H3,(H,5,6). The number of benzene rings is 1. The molecule has 0 aliphatic heterocycles. The Kier molecular flexibility index (Phi) is 6.51. The molecular formula is C14H23NO2. The van der Waals surface area contributed by atoms with Gasteiger partial charge in [-0.1, -0.05) is 31.2 Å². The molecule has 0 saturated heterocycles. The summed E-state index contributed by atoms with van der Waals surface area (Å²) in [6.45, 7) is 7.97. The Bertz CT molecular complexity index is 353. The molecular weight excluding hydrogens is 214 g/mol. The maximum Gasteiger partial charge on any atom is 0.303 e. The molecule has 0 aliphatic rings. The van der Waals surface area contributed by atoms with Crippen molar-refractivity contribution in [3.05, 3.63) is 35.4 Å². The molecule has 0 aliphatic carbocycles. The minimum Gasteiger partial charge on any atom is -0.481 e. The molecule has 1 aromatic rings. The first-order chi connectivity index (χ1) is 7.79. The van der Waals surface area contributed by atoms with Crippen LogP contribution in [-0.2, 0) is 10.3 Å². The SMILES string of the molecule is CCCC(=O)O.Cc1ccccc1C(C)(C)N. The largest absolute Gasteiger partial charge is 0.481 e. The molecule has 0 unspecified atom stereocenters. The highest BCUT2D eigenvalue weighted by molar-refractivity contribution is 5.66. The second-order valence-corrected chi connectivity index (χ2v) is 4.68. The second-order valence-electron chi connectivity index (χ2n) is 4.68. The van der Waals surface area contributed by atoms with E-state index in [1.54, 1.807) is 0 Å². The number of aryl methyl sites for hydroxylation is 1. The van der Waals surface area contributed by atoms with Crippen molar-refractivity contribution in [1.82, 2.24) is 0 Å². The van der Waals surface area contributed by atoms with E-state index in [4.69, 9.17) is 10.8 Å². The van der Waals surface area contributed by atoms with E-state index in [0.29, 0.717) is 6.42 Å². The van der Waals surface area contributed by atoms with Crippen molar-refractivity contribution in [3.8, 4) is 0 Å². The molecule has 17 heavy (non-hydrogen) atoms. The van der Waals surface area contributed by atoms with E-state index < -0.39 is 5.97 Å². The first-order valence-electron chi connectivity index (χ1n) is 5.85. The van der Waals surface area contributed by atoms with Gasteiger partial charge >= 0.3 is 5.97 Å². The number of hydrogen-bond donors (Lipinski definition) is 2. The van der Waals surface area contributed by atoms with Crippen molar-refractivity contribution in [2.45, 2.75) is 46.1 Å². The van der Waals surface area contributed by atoms with Gasteiger partial charge in [0.2, 0.25) is 0 Å². The quantitative estimate of drug-likeness (QED) is 0.849. The monoisotopic (exact) mass is 237 g/mol. The summed E-state index contributed by atoms with van der Waals surface area (Å²) in [5.74, 6) is -0.711. The maximum atomic E-state index is 9.60. The number of nitrogens with two attached hydrogens (primary N) is 1. The highest BCUT2D eigenvalue weighted by Crippen LogP contribution is 2.19. The lowest BCUT2D eigenvalue weighted by Crippen LogP contribution is -2.29. The zero-order chi connectivity index (χ0) is 13.5. The van der Waals surface area contributed by atoms with Crippen molar-refractivity contribution in [2.75, 3.05) is 0 Å². The van der Waals surface area contributed by atoms with Crippen molar-refractivity contribution in [1.29, 1.82) is 0 Å². The molecule has 1 aromatic carbocycles. The maximum absolute atomic E-state index is 9.60. The number of carbonyl (C=O) groups is 1. The smallest absolute Gasteiger partial charge is 0.303 e. The fourth-order valence-corrected chi connectivity index (χ4v) is 1.51. The first kappa shape index (κ1) is 15.7. The fourth-order valence-electron chi connectivity index (χ4n) is 1.51. The Morgan fingerprint density at radius 1 is 1.35 bits per heavy atom. The number of carboxylic acids is 1. The Balaban J connectivity index is 0.000000366. The van der Waals surface area contributed by atoms with Gasteiger partial charge in [0.05, 0.1) is 0 Å². The lowest BCUT2D eigenvalue weighted by atomic mass is 9.92. The van der Waals surface area contributed by atoms with E-state index >= 15 is 0 Å². The number of rotatable bonds is 3. The van der Waals surface area contributed by atoms with Crippen LogP contribution in [-0.4, -0.2) is 11.1 Å². The van der Waals surface area contributed by atoms with Crippen LogP contribution in [0, 0.1) is 6.92 Å². The van der Waals surface area contributed by atoms with E-state index in [1.807, 2.05) is 32.9 Å². The molecule has 1 rings (SSSR count). The van der Waals surface area contributed by atoms with E-state index in [2.05, 4.69) is 19.1 Å². The summed E-state index contributed by atoms with van der Waals surface area (Å²) in [7, 11) is 0. The molecule has 0 fully saturated rings. The van der Waals surface area contributed by atoms with Gasteiger partial charge in [0.25, 0.3) is 0 Å². The van der Waals surface area contributed by atoms with Gasteiger partial charge in [0, 0.05) is 12.0 Å². The Morgan fingerprint density at radius 3 is 2.12 bits per heavy atom. The van der Waals surface area contributed by atoms with Gasteiger partial charge in [-0.2, -0.15) is 0 Å². The van der Waals surface area contributed by atoms with Gasteiger partial charge in [0.15, 0.2) is 0 Å². The summed E-state index contributed by atoms with van der Waals surface area (Å²) in [4.78, 5) is 9.60. The Hall–Kier alpha value is -1.35. The number of hydrogen-bond acceptors (Lipinski definition) is 2. The van der Waals surface area contributed by atoms with E-state index in [9.17, 15) is 4.79 Å². The summed E-state index contributed by atoms with van der Waals surface area (Å²) in [6.07, 6.45) is 1.02. The van der Waals surface area contributed by atoms with Gasteiger partial charge in [-0.3, -0.25) is 4.79 Å². The van der Waals surface area contributed by atoms with Gasteiger partial charge < -0.3 is 10.8 Å². The van der Waals surface area contributed by atoms with E-state index in [1.165, 1.54) is 11.1 Å². The molecule has 0 atom stereocenters. The normalized spacial score (nSPS) is 10.4. The van der Waals surface area contributed by atoms with Gasteiger partial charge in [0.1, 0.15) is 0 Å². The van der Waals surface area contributed by atoms with Crippen molar-refractivity contribution < 1.29 is 9.90 Å². The minimum atomic E-state index is -0.711. The average Bonchev–Trinajstić information content (AvgIpc) is 2.17. The molecule has 3 nitrogen and oxygen atoms in total. The first-order valence-corrected chi connectivity index (χ1v) is 5.85. The predicted octanol–water partition coefficient (Wildman–Crippen LogP) is 3.06. The Labute approximate surface area is 104 Å². The summed E-state index contributed by atoms with van der Waals surface area (Å²) in [5, 5.41) is 7.91. The van der Waals surface area contributed by atoms with Crippen LogP contribution in [0.1, 0.15) is 44.7 Å². The summed E-state index contributed by atoms with van der Waals surface area (Å²) in [5.41, 5.74) is 8.23. The molecule has 0 aromatic heterocycles. The summed E-state index contributed by atoms with van der Waals surface area (Å²) >= 11 is 0. The summed E-state index contributed by atoms with van der Waals surface area (Å²) in [6, 6.07) is 8.22. The van der Waals surface area contributed by atoms with Crippen LogP contribution >= 0.6 is 0 Å². The molecule has 96 valence electrons. The number of carboxylic acid groups (broad SMARTS) is 1. The second kappa shape index (κ2) is 7.07. The lowest BCUT2D eigenvalue weighted by molar-refractivity contribution is -0.137. The Morgan fingerprint density at radius 2 is 1.88 bits per heavy atom. The van der Waals surface area contributed by atoms with Crippen LogP contribution in [0.2, 0.25) is 0 Å². The van der Waals surface area contributed by atoms with Crippen molar-refractivity contribution in [2.24, 2.45) is 5.73 Å². The van der Waals surface area contributed by atoms with Crippen LogP contribution in [0.4, 0.5) is 0 Å². The van der Waals surface area contributed by atoms with Crippen LogP contribution in [0.5, 0.6) is 0 Å². The third-order valence-electron chi connectivity index (χ3n) is 2.30. The van der Waals surface area contributed by atoms with Crippen molar-refractivity contribution in [3.63, 3.8) is 0 Å². The highest BCUT2D eigenvalue weighted by atomic mass is 16.4. The molecule has 0 spiro atoms. The molecule has 0 heterocycles. The third kappa shape index (κ3) is 6.74. The lowest BCUT2D eigenvalue weighted by Gasteiger charge is -2.21. The summed E-state index contributed by atoms with van der Waals surface area (Å²) < 4.78 is 0. The molecule has 3 N–H and O–H groups in total. The molecule has 0 saturated carbocycles. The fraction of sp³-hybridized carbons (Fsp3) is 0.500. The van der Waals surface area contributed by atoms with Crippen LogP contribution in [0.3, 0.4) is 0 Å².